The van der Waals surface area contributed by atoms with Gasteiger partial charge in [0, 0.05) is 18.1 Å². The van der Waals surface area contributed by atoms with Crippen molar-refractivity contribution in [2.24, 2.45) is 0 Å². The van der Waals surface area contributed by atoms with Crippen LogP contribution in [0.25, 0.3) is 11.3 Å². The molecule has 0 bridgehead atoms. The van der Waals surface area contributed by atoms with Crippen LogP contribution in [0.5, 0.6) is 11.5 Å². The van der Waals surface area contributed by atoms with E-state index in [0.29, 0.717) is 11.5 Å². The van der Waals surface area contributed by atoms with E-state index in [2.05, 4.69) is 12.1 Å². The predicted molar refractivity (Wildman–Crippen MR) is 69.0 cm³/mol. The number of para-hydroxylation sites is 1. The zero-order valence-corrected chi connectivity index (χ0v) is 10.9. The van der Waals surface area contributed by atoms with E-state index in [1.165, 1.54) is 0 Å². The average Bonchev–Trinajstić information content (AvgIpc) is 2.86. The van der Waals surface area contributed by atoms with Gasteiger partial charge < -0.3 is 14.0 Å². The van der Waals surface area contributed by atoms with Gasteiger partial charge >= 0.3 is 0 Å². The molecule has 0 saturated heterocycles. The number of rotatable bonds is 5. The molecule has 1 heterocycles. The zero-order valence-electron chi connectivity index (χ0n) is 10.9. The van der Waals surface area contributed by atoms with Gasteiger partial charge in [0.1, 0.15) is 11.5 Å². The highest BCUT2D eigenvalue weighted by Crippen LogP contribution is 2.37. The molecule has 0 spiro atoms. The number of benzene rings is 1. The third-order valence-corrected chi connectivity index (χ3v) is 2.73. The summed E-state index contributed by atoms with van der Waals surface area (Å²) in [5.74, 6) is 2.25. The lowest BCUT2D eigenvalue weighted by Crippen LogP contribution is -1.93. The monoisotopic (exact) mass is 247 g/mol. The van der Waals surface area contributed by atoms with E-state index in [1.54, 1.807) is 14.2 Å². The normalized spacial score (nSPS) is 10.4. The van der Waals surface area contributed by atoms with E-state index in [4.69, 9.17) is 14.0 Å². The Kier molecular flexibility index (Phi) is 3.87. The van der Waals surface area contributed by atoms with Crippen molar-refractivity contribution in [2.75, 3.05) is 14.2 Å². The van der Waals surface area contributed by atoms with Gasteiger partial charge in [0.2, 0.25) is 0 Å². The second kappa shape index (κ2) is 5.58. The number of hydrogen-bond donors (Lipinski definition) is 0. The Bertz CT molecular complexity index is 520. The Morgan fingerprint density at radius 2 is 2.06 bits per heavy atom. The largest absolute Gasteiger partial charge is 0.493 e. The SMILES string of the molecule is CCCc1cc(-c2cccc(OC)c2OC)no1. The summed E-state index contributed by atoms with van der Waals surface area (Å²) in [5, 5.41) is 4.08. The smallest absolute Gasteiger partial charge is 0.170 e. The van der Waals surface area contributed by atoms with Gasteiger partial charge in [0.05, 0.1) is 14.2 Å². The molecule has 0 N–H and O–H groups in total. The molecule has 0 aliphatic rings. The van der Waals surface area contributed by atoms with Gasteiger partial charge in [-0.1, -0.05) is 18.1 Å². The first-order valence-electron chi connectivity index (χ1n) is 5.97. The number of nitrogens with zero attached hydrogens (tertiary/aromatic N) is 1. The molecule has 0 aliphatic heterocycles. The average molecular weight is 247 g/mol. The highest BCUT2D eigenvalue weighted by atomic mass is 16.5. The number of aromatic nitrogens is 1. The maximum Gasteiger partial charge on any atom is 0.170 e. The molecule has 0 fully saturated rings. The minimum absolute atomic E-state index is 0.677. The summed E-state index contributed by atoms with van der Waals surface area (Å²) in [5.41, 5.74) is 1.65. The van der Waals surface area contributed by atoms with Crippen LogP contribution in [0, 0.1) is 0 Å². The summed E-state index contributed by atoms with van der Waals surface area (Å²) in [6.07, 6.45) is 1.92. The van der Waals surface area contributed by atoms with Crippen LogP contribution in [0.4, 0.5) is 0 Å². The van der Waals surface area contributed by atoms with Crippen molar-refractivity contribution in [3.8, 4) is 22.8 Å². The molecule has 0 aliphatic carbocycles. The molecular formula is C14H17NO3. The van der Waals surface area contributed by atoms with E-state index >= 15 is 0 Å². The second-order valence-electron chi connectivity index (χ2n) is 3.97. The Morgan fingerprint density at radius 3 is 2.72 bits per heavy atom. The molecule has 4 heteroatoms. The standard InChI is InChI=1S/C14H17NO3/c1-4-6-10-9-12(15-18-10)11-7-5-8-13(16-2)14(11)17-3/h5,7-9H,4,6H2,1-3H3. The van der Waals surface area contributed by atoms with E-state index in [9.17, 15) is 0 Å². The van der Waals surface area contributed by atoms with E-state index in [1.807, 2.05) is 24.3 Å². The summed E-state index contributed by atoms with van der Waals surface area (Å²) in [7, 11) is 3.24. The van der Waals surface area contributed by atoms with Crippen molar-refractivity contribution in [1.29, 1.82) is 0 Å². The minimum Gasteiger partial charge on any atom is -0.493 e. The maximum atomic E-state index is 5.38. The summed E-state index contributed by atoms with van der Waals surface area (Å²) >= 11 is 0. The number of hydrogen-bond acceptors (Lipinski definition) is 4. The van der Waals surface area contributed by atoms with Gasteiger partial charge in [-0.15, -0.1) is 0 Å². The van der Waals surface area contributed by atoms with Crippen LogP contribution in [0.1, 0.15) is 19.1 Å². The first-order valence-corrected chi connectivity index (χ1v) is 5.97. The summed E-state index contributed by atoms with van der Waals surface area (Å²) in [6, 6.07) is 7.65. The lowest BCUT2D eigenvalue weighted by atomic mass is 10.1. The first-order chi connectivity index (χ1) is 8.80. The Morgan fingerprint density at radius 1 is 1.22 bits per heavy atom. The molecule has 2 aromatic rings. The molecule has 1 aromatic carbocycles. The minimum atomic E-state index is 0.677. The molecule has 1 aromatic heterocycles. The fraction of sp³-hybridized carbons (Fsp3) is 0.357. The maximum absolute atomic E-state index is 5.38. The van der Waals surface area contributed by atoms with Gasteiger partial charge in [-0.3, -0.25) is 0 Å². The number of aryl methyl sites for hydroxylation is 1. The number of ether oxygens (including phenoxy) is 2. The number of methoxy groups -OCH3 is 2. The van der Waals surface area contributed by atoms with Crippen molar-refractivity contribution >= 4 is 0 Å². The van der Waals surface area contributed by atoms with E-state index in [-0.39, 0.29) is 0 Å². The van der Waals surface area contributed by atoms with Crippen molar-refractivity contribution in [3.63, 3.8) is 0 Å². The summed E-state index contributed by atoms with van der Waals surface area (Å²) < 4.78 is 15.9. The van der Waals surface area contributed by atoms with Crippen molar-refractivity contribution in [2.45, 2.75) is 19.8 Å². The fourth-order valence-electron chi connectivity index (χ4n) is 1.89. The highest BCUT2D eigenvalue weighted by Gasteiger charge is 2.14. The van der Waals surface area contributed by atoms with Crippen LogP contribution in [-0.4, -0.2) is 19.4 Å². The van der Waals surface area contributed by atoms with Crippen molar-refractivity contribution < 1.29 is 14.0 Å². The van der Waals surface area contributed by atoms with Gasteiger partial charge in [-0.05, 0) is 18.6 Å². The Hall–Kier alpha value is -1.97. The predicted octanol–water partition coefficient (Wildman–Crippen LogP) is 3.31. The van der Waals surface area contributed by atoms with Crippen LogP contribution >= 0.6 is 0 Å². The summed E-state index contributed by atoms with van der Waals surface area (Å²) in [4.78, 5) is 0. The quantitative estimate of drug-likeness (QED) is 0.813. The van der Waals surface area contributed by atoms with Crippen molar-refractivity contribution in [3.05, 3.63) is 30.0 Å². The first kappa shape index (κ1) is 12.5. The molecule has 0 saturated carbocycles. The lowest BCUT2D eigenvalue weighted by molar-refractivity contribution is 0.355. The van der Waals surface area contributed by atoms with Gasteiger partial charge in [-0.25, -0.2) is 0 Å². The van der Waals surface area contributed by atoms with Crippen molar-refractivity contribution in [1.82, 2.24) is 5.16 Å². The van der Waals surface area contributed by atoms with Crippen LogP contribution in [-0.2, 0) is 6.42 Å². The lowest BCUT2D eigenvalue weighted by Gasteiger charge is -2.10. The molecular weight excluding hydrogens is 230 g/mol. The van der Waals surface area contributed by atoms with Crippen LogP contribution < -0.4 is 9.47 Å². The van der Waals surface area contributed by atoms with Gasteiger partial charge in [0.15, 0.2) is 11.5 Å². The zero-order chi connectivity index (χ0) is 13.0. The molecule has 96 valence electrons. The molecule has 0 atom stereocenters. The van der Waals surface area contributed by atoms with Gasteiger partial charge in [-0.2, -0.15) is 0 Å². The Labute approximate surface area is 107 Å². The summed E-state index contributed by atoms with van der Waals surface area (Å²) in [6.45, 7) is 2.11. The van der Waals surface area contributed by atoms with E-state index < -0.39 is 0 Å². The third-order valence-electron chi connectivity index (χ3n) is 2.73. The molecule has 0 amide bonds. The fourth-order valence-corrected chi connectivity index (χ4v) is 1.89. The second-order valence-corrected chi connectivity index (χ2v) is 3.97. The van der Waals surface area contributed by atoms with Crippen LogP contribution in [0.2, 0.25) is 0 Å². The van der Waals surface area contributed by atoms with Gasteiger partial charge in [0.25, 0.3) is 0 Å². The molecule has 2 rings (SSSR count). The van der Waals surface area contributed by atoms with Crippen LogP contribution in [0.15, 0.2) is 28.8 Å². The molecule has 4 nitrogen and oxygen atoms in total. The highest BCUT2D eigenvalue weighted by molar-refractivity contribution is 5.71. The molecule has 18 heavy (non-hydrogen) atoms. The molecule has 0 radical (unpaired) electrons. The topological polar surface area (TPSA) is 44.5 Å². The molecule has 0 unspecified atom stereocenters. The third kappa shape index (κ3) is 2.32. The Balaban J connectivity index is 2.42. The van der Waals surface area contributed by atoms with E-state index in [0.717, 1.165) is 29.9 Å². The van der Waals surface area contributed by atoms with Crippen LogP contribution in [0.3, 0.4) is 0 Å².